The maximum atomic E-state index is 11.9. The molecule has 6 heteroatoms. The normalized spacial score (nSPS) is 16.8. The zero-order valence-corrected chi connectivity index (χ0v) is 10.9. The minimum Gasteiger partial charge on any atom is -0.398 e. The van der Waals surface area contributed by atoms with Crippen molar-refractivity contribution in [1.29, 1.82) is 0 Å². The lowest BCUT2D eigenvalue weighted by Crippen LogP contribution is -2.48. The van der Waals surface area contributed by atoms with Crippen LogP contribution < -0.4 is 11.2 Å². The number of rotatable bonds is 2. The van der Waals surface area contributed by atoms with Gasteiger partial charge in [0.15, 0.2) is 0 Å². The molecule has 0 aromatic heterocycles. The number of amides is 1. The van der Waals surface area contributed by atoms with Crippen LogP contribution in [-0.2, 0) is 4.74 Å². The molecule has 1 aliphatic heterocycles. The topological polar surface area (TPSA) is 67.6 Å². The van der Waals surface area contributed by atoms with Crippen LogP contribution in [0.1, 0.15) is 10.4 Å². The molecule has 17 heavy (non-hydrogen) atoms. The van der Waals surface area contributed by atoms with Gasteiger partial charge < -0.3 is 10.5 Å². The molecular formula is C11H14BrN3O2. The van der Waals surface area contributed by atoms with Crippen molar-refractivity contribution >= 4 is 27.5 Å². The number of nitrogens with two attached hydrogens (primary N) is 1. The molecule has 1 heterocycles. The predicted molar refractivity (Wildman–Crippen MR) is 68.4 cm³/mol. The number of carbonyl (C=O) groups excluding carboxylic acids is 1. The van der Waals surface area contributed by atoms with Crippen molar-refractivity contribution in [1.82, 2.24) is 10.4 Å². The van der Waals surface area contributed by atoms with E-state index in [1.165, 1.54) is 0 Å². The molecule has 3 N–H and O–H groups in total. The average Bonchev–Trinajstić information content (AvgIpc) is 2.34. The molecule has 1 amide bonds. The number of nitrogens with one attached hydrogen (secondary N) is 1. The second-order valence-corrected chi connectivity index (χ2v) is 4.63. The van der Waals surface area contributed by atoms with Crippen LogP contribution in [0.2, 0.25) is 0 Å². The van der Waals surface area contributed by atoms with Crippen molar-refractivity contribution in [2.75, 3.05) is 32.0 Å². The van der Waals surface area contributed by atoms with E-state index in [0.717, 1.165) is 4.47 Å². The van der Waals surface area contributed by atoms with E-state index in [0.29, 0.717) is 37.6 Å². The van der Waals surface area contributed by atoms with E-state index in [1.54, 1.807) is 18.2 Å². The Balaban J connectivity index is 2.01. The first-order valence-corrected chi connectivity index (χ1v) is 6.15. The maximum absolute atomic E-state index is 11.9. The minimum absolute atomic E-state index is 0.132. The lowest BCUT2D eigenvalue weighted by atomic mass is 10.2. The van der Waals surface area contributed by atoms with Gasteiger partial charge in [0.25, 0.3) is 5.91 Å². The zero-order chi connectivity index (χ0) is 12.3. The first kappa shape index (κ1) is 12.3. The van der Waals surface area contributed by atoms with Crippen molar-refractivity contribution in [3.63, 3.8) is 0 Å². The second kappa shape index (κ2) is 5.48. The third-order valence-corrected chi connectivity index (χ3v) is 3.22. The number of halogens is 1. The smallest absolute Gasteiger partial charge is 0.265 e. The quantitative estimate of drug-likeness (QED) is 0.800. The Morgan fingerprint density at radius 1 is 1.41 bits per heavy atom. The molecule has 1 aromatic rings. The molecule has 92 valence electrons. The van der Waals surface area contributed by atoms with Gasteiger partial charge in [-0.05, 0) is 34.1 Å². The molecule has 1 aromatic carbocycles. The van der Waals surface area contributed by atoms with Gasteiger partial charge in [0, 0.05) is 28.8 Å². The summed E-state index contributed by atoms with van der Waals surface area (Å²) in [6.07, 6.45) is 0. The molecule has 0 aliphatic carbocycles. The van der Waals surface area contributed by atoms with Crippen LogP contribution in [0.3, 0.4) is 0 Å². The van der Waals surface area contributed by atoms with Crippen LogP contribution >= 0.6 is 15.9 Å². The van der Waals surface area contributed by atoms with Gasteiger partial charge in [-0.15, -0.1) is 0 Å². The molecule has 0 unspecified atom stereocenters. The van der Waals surface area contributed by atoms with Crippen LogP contribution in [0.4, 0.5) is 5.69 Å². The van der Waals surface area contributed by atoms with Crippen molar-refractivity contribution in [2.24, 2.45) is 0 Å². The third-order valence-electron chi connectivity index (χ3n) is 2.53. The van der Waals surface area contributed by atoms with E-state index >= 15 is 0 Å². The highest BCUT2D eigenvalue weighted by Crippen LogP contribution is 2.20. The van der Waals surface area contributed by atoms with Gasteiger partial charge in [-0.25, -0.2) is 5.01 Å². The maximum Gasteiger partial charge on any atom is 0.265 e. The number of hydrazine groups is 1. The van der Waals surface area contributed by atoms with Gasteiger partial charge in [-0.1, -0.05) is 0 Å². The fourth-order valence-corrected chi connectivity index (χ4v) is 1.93. The first-order valence-electron chi connectivity index (χ1n) is 5.35. The highest BCUT2D eigenvalue weighted by Gasteiger charge is 2.14. The molecule has 1 fully saturated rings. The Morgan fingerprint density at radius 3 is 2.76 bits per heavy atom. The summed E-state index contributed by atoms with van der Waals surface area (Å²) in [5, 5.41) is 1.86. The largest absolute Gasteiger partial charge is 0.398 e. The Kier molecular flexibility index (Phi) is 3.98. The number of anilines is 1. The number of ether oxygens (including phenoxy) is 1. The Hall–Kier alpha value is -1.11. The van der Waals surface area contributed by atoms with Crippen LogP contribution in [0, 0.1) is 0 Å². The summed E-state index contributed by atoms with van der Waals surface area (Å²) >= 11 is 3.30. The number of hydrogen-bond donors (Lipinski definition) is 2. The third kappa shape index (κ3) is 3.18. The highest BCUT2D eigenvalue weighted by atomic mass is 79.9. The number of benzene rings is 1. The summed E-state index contributed by atoms with van der Waals surface area (Å²) in [5.41, 5.74) is 9.70. The summed E-state index contributed by atoms with van der Waals surface area (Å²) in [7, 11) is 0. The molecule has 5 nitrogen and oxygen atoms in total. The number of carbonyl (C=O) groups is 1. The number of morpholine rings is 1. The van der Waals surface area contributed by atoms with Gasteiger partial charge in [0.05, 0.1) is 13.2 Å². The van der Waals surface area contributed by atoms with E-state index in [4.69, 9.17) is 10.5 Å². The molecule has 0 bridgehead atoms. The summed E-state index contributed by atoms with van der Waals surface area (Å²) in [6.45, 7) is 2.71. The van der Waals surface area contributed by atoms with Crippen LogP contribution in [0.15, 0.2) is 22.7 Å². The lowest BCUT2D eigenvalue weighted by molar-refractivity contribution is 0.0126. The van der Waals surface area contributed by atoms with Crippen molar-refractivity contribution < 1.29 is 9.53 Å². The zero-order valence-electron chi connectivity index (χ0n) is 9.28. The molecule has 0 spiro atoms. The monoisotopic (exact) mass is 299 g/mol. The molecular weight excluding hydrogens is 286 g/mol. The number of nitrogens with zero attached hydrogens (tertiary/aromatic N) is 1. The van der Waals surface area contributed by atoms with Crippen LogP contribution in [0.5, 0.6) is 0 Å². The van der Waals surface area contributed by atoms with E-state index in [1.807, 2.05) is 5.01 Å². The second-order valence-electron chi connectivity index (χ2n) is 3.78. The standard InChI is InChI=1S/C11H14BrN3O2/c12-9-7-8(1-2-10(9)13)11(16)14-15-3-5-17-6-4-15/h1-2,7H,3-6,13H2,(H,14,16). The molecule has 1 saturated heterocycles. The average molecular weight is 300 g/mol. The predicted octanol–water partition coefficient (Wildman–Crippen LogP) is 1.01. The van der Waals surface area contributed by atoms with Crippen LogP contribution in [0.25, 0.3) is 0 Å². The number of nitrogen functional groups attached to an aromatic ring is 1. The van der Waals surface area contributed by atoms with Gasteiger partial charge >= 0.3 is 0 Å². The summed E-state index contributed by atoms with van der Waals surface area (Å²) in [6, 6.07) is 5.12. The SMILES string of the molecule is Nc1ccc(C(=O)NN2CCOCC2)cc1Br. The summed E-state index contributed by atoms with van der Waals surface area (Å²) in [5.74, 6) is -0.132. The fraction of sp³-hybridized carbons (Fsp3) is 0.364. The highest BCUT2D eigenvalue weighted by molar-refractivity contribution is 9.10. The van der Waals surface area contributed by atoms with Crippen molar-refractivity contribution in [2.45, 2.75) is 0 Å². The Morgan fingerprint density at radius 2 is 2.12 bits per heavy atom. The fourth-order valence-electron chi connectivity index (χ4n) is 1.55. The van der Waals surface area contributed by atoms with E-state index < -0.39 is 0 Å². The van der Waals surface area contributed by atoms with Crippen molar-refractivity contribution in [3.05, 3.63) is 28.2 Å². The van der Waals surface area contributed by atoms with Gasteiger partial charge in [0.2, 0.25) is 0 Å². The number of hydrogen-bond acceptors (Lipinski definition) is 4. The van der Waals surface area contributed by atoms with Gasteiger partial charge in [-0.2, -0.15) is 0 Å². The minimum atomic E-state index is -0.132. The summed E-state index contributed by atoms with van der Waals surface area (Å²) in [4.78, 5) is 11.9. The molecule has 1 aliphatic rings. The lowest BCUT2D eigenvalue weighted by Gasteiger charge is -2.26. The molecule has 0 atom stereocenters. The van der Waals surface area contributed by atoms with E-state index in [9.17, 15) is 4.79 Å². The van der Waals surface area contributed by atoms with Crippen molar-refractivity contribution in [3.8, 4) is 0 Å². The molecule has 2 rings (SSSR count). The Labute approximate surface area is 108 Å². The van der Waals surface area contributed by atoms with E-state index in [-0.39, 0.29) is 5.91 Å². The summed E-state index contributed by atoms with van der Waals surface area (Å²) < 4.78 is 5.93. The molecule has 0 saturated carbocycles. The first-order chi connectivity index (χ1) is 8.16. The van der Waals surface area contributed by atoms with Crippen LogP contribution in [-0.4, -0.2) is 37.2 Å². The molecule has 0 radical (unpaired) electrons. The van der Waals surface area contributed by atoms with Gasteiger partial charge in [-0.3, -0.25) is 10.2 Å². The Bertz CT molecular complexity index is 419. The van der Waals surface area contributed by atoms with E-state index in [2.05, 4.69) is 21.4 Å². The van der Waals surface area contributed by atoms with Gasteiger partial charge in [0.1, 0.15) is 0 Å².